The van der Waals surface area contributed by atoms with Crippen molar-refractivity contribution in [3.05, 3.63) is 76.3 Å². The van der Waals surface area contributed by atoms with Gasteiger partial charge in [-0.1, -0.05) is 64.5 Å². The van der Waals surface area contributed by atoms with Crippen LogP contribution >= 0.6 is 15.9 Å². The van der Waals surface area contributed by atoms with Crippen molar-refractivity contribution in [3.8, 4) is 11.1 Å². The van der Waals surface area contributed by atoms with Gasteiger partial charge in [-0.05, 0) is 64.1 Å². The van der Waals surface area contributed by atoms with Crippen LogP contribution in [0.2, 0.25) is 0 Å². The summed E-state index contributed by atoms with van der Waals surface area (Å²) in [6.45, 7) is 0. The summed E-state index contributed by atoms with van der Waals surface area (Å²) in [4.78, 5) is 0. The van der Waals surface area contributed by atoms with Gasteiger partial charge in [-0.25, -0.2) is 0 Å². The second kappa shape index (κ2) is 5.16. The van der Waals surface area contributed by atoms with E-state index in [0.29, 0.717) is 0 Å². The van der Waals surface area contributed by atoms with Crippen LogP contribution in [0.5, 0.6) is 0 Å². The van der Waals surface area contributed by atoms with Crippen LogP contribution in [0.15, 0.2) is 65.1 Å². The van der Waals surface area contributed by atoms with Gasteiger partial charge in [-0.2, -0.15) is 0 Å². The van der Waals surface area contributed by atoms with Crippen molar-refractivity contribution >= 4 is 32.8 Å². The monoisotopic (exact) mass is 334 g/mol. The molecule has 0 aromatic heterocycles. The number of benzene rings is 3. The lowest BCUT2D eigenvalue weighted by Crippen LogP contribution is -1.94. The van der Waals surface area contributed by atoms with Gasteiger partial charge in [0.05, 0.1) is 0 Å². The lowest BCUT2D eigenvalue weighted by Gasteiger charge is -2.12. The Morgan fingerprint density at radius 1 is 0.762 bits per heavy atom. The summed E-state index contributed by atoms with van der Waals surface area (Å²) in [6, 6.07) is 20.0. The zero-order chi connectivity index (χ0) is 14.2. The number of hydrogen-bond acceptors (Lipinski definition) is 0. The van der Waals surface area contributed by atoms with Crippen LogP contribution in [0.3, 0.4) is 0 Å². The van der Waals surface area contributed by atoms with Gasteiger partial charge in [0.2, 0.25) is 0 Å². The molecule has 0 radical (unpaired) electrons. The van der Waals surface area contributed by atoms with Crippen molar-refractivity contribution < 1.29 is 0 Å². The fourth-order valence-electron chi connectivity index (χ4n) is 3.01. The van der Waals surface area contributed by atoms with Crippen molar-refractivity contribution in [2.75, 3.05) is 0 Å². The van der Waals surface area contributed by atoms with Gasteiger partial charge in [0.1, 0.15) is 0 Å². The molecular formula is C20H15Br. The second-order valence-electron chi connectivity index (χ2n) is 5.56. The Balaban J connectivity index is 1.82. The summed E-state index contributed by atoms with van der Waals surface area (Å²) in [7, 11) is 0. The van der Waals surface area contributed by atoms with Crippen LogP contribution in [-0.2, 0) is 6.42 Å². The maximum atomic E-state index is 3.53. The number of aryl methyl sites for hydroxylation is 1. The van der Waals surface area contributed by atoms with E-state index in [-0.39, 0.29) is 0 Å². The summed E-state index contributed by atoms with van der Waals surface area (Å²) in [6.07, 6.45) is 6.80. The molecule has 1 heteroatoms. The minimum absolute atomic E-state index is 1.13. The van der Waals surface area contributed by atoms with E-state index >= 15 is 0 Å². The Hall–Kier alpha value is -1.86. The van der Waals surface area contributed by atoms with Crippen LogP contribution in [0.1, 0.15) is 17.5 Å². The molecule has 0 nitrogen and oxygen atoms in total. The van der Waals surface area contributed by atoms with Gasteiger partial charge >= 0.3 is 0 Å². The van der Waals surface area contributed by atoms with Crippen LogP contribution < -0.4 is 0 Å². The zero-order valence-electron chi connectivity index (χ0n) is 11.6. The van der Waals surface area contributed by atoms with E-state index in [1.807, 2.05) is 0 Å². The Morgan fingerprint density at radius 3 is 2.48 bits per heavy atom. The Labute approximate surface area is 133 Å². The third-order valence-electron chi connectivity index (χ3n) is 4.16. The highest BCUT2D eigenvalue weighted by molar-refractivity contribution is 9.10. The first-order chi connectivity index (χ1) is 10.3. The average molecular weight is 335 g/mol. The van der Waals surface area contributed by atoms with Gasteiger partial charge in [0.25, 0.3) is 0 Å². The Kier molecular flexibility index (Phi) is 3.16. The van der Waals surface area contributed by atoms with E-state index in [1.54, 1.807) is 0 Å². The van der Waals surface area contributed by atoms with Crippen molar-refractivity contribution in [2.24, 2.45) is 0 Å². The second-order valence-corrected chi connectivity index (χ2v) is 6.48. The van der Waals surface area contributed by atoms with Crippen LogP contribution in [0, 0.1) is 0 Å². The Morgan fingerprint density at radius 2 is 1.52 bits per heavy atom. The summed E-state index contributed by atoms with van der Waals surface area (Å²) in [5, 5.41) is 2.56. The molecule has 0 atom stereocenters. The number of hydrogen-bond donors (Lipinski definition) is 0. The van der Waals surface area contributed by atoms with Gasteiger partial charge < -0.3 is 0 Å². The van der Waals surface area contributed by atoms with Gasteiger partial charge in [-0.3, -0.25) is 0 Å². The first-order valence-electron chi connectivity index (χ1n) is 7.29. The van der Waals surface area contributed by atoms with E-state index in [2.05, 4.69) is 82.7 Å². The first-order valence-corrected chi connectivity index (χ1v) is 8.08. The molecule has 0 saturated carbocycles. The number of fused-ring (bicyclic) bond motifs is 2. The first kappa shape index (κ1) is 12.8. The fraction of sp³-hybridized carbons (Fsp3) is 0.100. The molecule has 0 aliphatic heterocycles. The Bertz CT molecular complexity index is 859. The summed E-state index contributed by atoms with van der Waals surface area (Å²) < 4.78 is 1.13. The van der Waals surface area contributed by atoms with Gasteiger partial charge in [0.15, 0.2) is 0 Å². The molecule has 4 rings (SSSR count). The lowest BCUT2D eigenvalue weighted by atomic mass is 9.92. The average Bonchev–Trinajstić information content (AvgIpc) is 2.54. The smallest absolute Gasteiger partial charge is 0.0181 e. The molecule has 0 amide bonds. The molecule has 21 heavy (non-hydrogen) atoms. The number of halogens is 1. The van der Waals surface area contributed by atoms with Crippen molar-refractivity contribution in [1.29, 1.82) is 0 Å². The largest absolute Gasteiger partial charge is 0.0836 e. The van der Waals surface area contributed by atoms with Gasteiger partial charge in [-0.15, -0.1) is 0 Å². The van der Waals surface area contributed by atoms with Crippen molar-refractivity contribution in [3.63, 3.8) is 0 Å². The molecule has 0 N–H and O–H groups in total. The molecule has 0 heterocycles. The third kappa shape index (κ3) is 2.43. The molecule has 102 valence electrons. The van der Waals surface area contributed by atoms with Gasteiger partial charge in [0, 0.05) is 4.47 Å². The molecule has 0 bridgehead atoms. The highest BCUT2D eigenvalue weighted by Crippen LogP contribution is 2.29. The van der Waals surface area contributed by atoms with Crippen molar-refractivity contribution in [2.45, 2.75) is 12.8 Å². The minimum atomic E-state index is 1.13. The maximum Gasteiger partial charge on any atom is 0.0181 e. The number of allylic oxidation sites excluding steroid dienone is 1. The highest BCUT2D eigenvalue weighted by atomic mass is 79.9. The molecular weight excluding hydrogens is 320 g/mol. The standard InChI is InChI=1S/C20H15Br/c21-20-10-9-18-12-17(7-8-19(18)13-20)16-6-5-14-3-1-2-4-15(14)11-16/h1,3,5-13H,2,4H2. The van der Waals surface area contributed by atoms with E-state index in [4.69, 9.17) is 0 Å². The molecule has 0 unspecified atom stereocenters. The maximum absolute atomic E-state index is 3.53. The molecule has 0 spiro atoms. The van der Waals surface area contributed by atoms with E-state index < -0.39 is 0 Å². The quantitative estimate of drug-likeness (QED) is 0.494. The fourth-order valence-corrected chi connectivity index (χ4v) is 3.39. The van der Waals surface area contributed by atoms with E-state index in [9.17, 15) is 0 Å². The highest BCUT2D eigenvalue weighted by Gasteiger charge is 2.07. The van der Waals surface area contributed by atoms with Crippen molar-refractivity contribution in [1.82, 2.24) is 0 Å². The summed E-state index contributed by atoms with van der Waals surface area (Å²) in [5.74, 6) is 0. The van der Waals surface area contributed by atoms with Crippen LogP contribution in [0.4, 0.5) is 0 Å². The molecule has 3 aromatic rings. The van der Waals surface area contributed by atoms with Crippen LogP contribution in [-0.4, -0.2) is 0 Å². The SMILES string of the molecule is Brc1ccc2cc(-c3ccc4c(c3)CCC=C4)ccc2c1. The zero-order valence-corrected chi connectivity index (χ0v) is 13.2. The van der Waals surface area contributed by atoms with E-state index in [0.717, 1.165) is 17.3 Å². The molecule has 1 aliphatic rings. The predicted octanol–water partition coefficient (Wildman–Crippen LogP) is 6.23. The van der Waals surface area contributed by atoms with Crippen LogP contribution in [0.25, 0.3) is 28.0 Å². The molecule has 0 fully saturated rings. The van der Waals surface area contributed by atoms with E-state index in [1.165, 1.54) is 33.0 Å². The predicted molar refractivity (Wildman–Crippen MR) is 94.4 cm³/mol. The molecule has 0 saturated heterocycles. The third-order valence-corrected chi connectivity index (χ3v) is 4.65. The topological polar surface area (TPSA) is 0 Å². The normalized spacial score (nSPS) is 13.4. The molecule has 3 aromatic carbocycles. The summed E-state index contributed by atoms with van der Waals surface area (Å²) >= 11 is 3.53. The number of rotatable bonds is 1. The molecule has 1 aliphatic carbocycles. The minimum Gasteiger partial charge on any atom is -0.0836 e. The summed E-state index contributed by atoms with van der Waals surface area (Å²) in [5.41, 5.74) is 5.44. The lowest BCUT2D eigenvalue weighted by molar-refractivity contribution is 0.986.